The molecular formula is C13H13IN2O3. The maximum Gasteiger partial charge on any atom is 0.262 e. The van der Waals surface area contributed by atoms with Crippen LogP contribution >= 0.6 is 22.6 Å². The third-order valence-corrected chi connectivity index (χ3v) is 3.34. The van der Waals surface area contributed by atoms with Crippen molar-refractivity contribution in [2.24, 2.45) is 0 Å². The van der Waals surface area contributed by atoms with Crippen LogP contribution in [0.4, 0.5) is 0 Å². The van der Waals surface area contributed by atoms with Crippen molar-refractivity contribution >= 4 is 34.6 Å². The van der Waals surface area contributed by atoms with Gasteiger partial charge < -0.3 is 14.5 Å². The average Bonchev–Trinajstić information content (AvgIpc) is 3.04. The number of ether oxygens (including phenoxy) is 1. The molecule has 0 radical (unpaired) electrons. The SMILES string of the molecule is N#C/C(=C\c1ccc(I)o1)C(=O)NCC1CCCO1. The second-order valence-corrected chi connectivity index (χ2v) is 5.22. The monoisotopic (exact) mass is 372 g/mol. The molecule has 6 heteroatoms. The Labute approximate surface area is 124 Å². The number of amides is 1. The number of halogens is 1. The third kappa shape index (κ3) is 4.08. The molecule has 1 unspecified atom stereocenters. The van der Waals surface area contributed by atoms with Crippen LogP contribution in [-0.2, 0) is 9.53 Å². The largest absolute Gasteiger partial charge is 0.451 e. The van der Waals surface area contributed by atoms with Gasteiger partial charge in [-0.3, -0.25) is 4.79 Å². The van der Waals surface area contributed by atoms with E-state index in [2.05, 4.69) is 5.32 Å². The first-order valence-electron chi connectivity index (χ1n) is 5.96. The van der Waals surface area contributed by atoms with Crippen molar-refractivity contribution in [3.8, 4) is 6.07 Å². The Bertz CT molecular complexity index is 524. The van der Waals surface area contributed by atoms with Gasteiger partial charge in [0.2, 0.25) is 0 Å². The zero-order valence-electron chi connectivity index (χ0n) is 10.2. The van der Waals surface area contributed by atoms with Crippen molar-refractivity contribution in [1.82, 2.24) is 5.32 Å². The van der Waals surface area contributed by atoms with Gasteiger partial charge in [-0.2, -0.15) is 5.26 Å². The van der Waals surface area contributed by atoms with Gasteiger partial charge in [0.05, 0.1) is 6.10 Å². The molecule has 19 heavy (non-hydrogen) atoms. The van der Waals surface area contributed by atoms with Gasteiger partial charge in [0, 0.05) is 19.2 Å². The number of nitrogens with zero attached hydrogens (tertiary/aromatic N) is 1. The highest BCUT2D eigenvalue weighted by Gasteiger charge is 2.17. The Kier molecular flexibility index (Phi) is 4.99. The van der Waals surface area contributed by atoms with Crippen molar-refractivity contribution in [3.63, 3.8) is 0 Å². The highest BCUT2D eigenvalue weighted by molar-refractivity contribution is 14.1. The molecule has 1 atom stereocenters. The van der Waals surface area contributed by atoms with E-state index < -0.39 is 5.91 Å². The molecule has 0 bridgehead atoms. The molecule has 1 amide bonds. The van der Waals surface area contributed by atoms with Gasteiger partial charge in [0.1, 0.15) is 17.4 Å². The Balaban J connectivity index is 1.95. The fourth-order valence-electron chi connectivity index (χ4n) is 1.80. The number of nitrogens with one attached hydrogen (secondary N) is 1. The van der Waals surface area contributed by atoms with Gasteiger partial charge in [0.25, 0.3) is 5.91 Å². The summed E-state index contributed by atoms with van der Waals surface area (Å²) in [6.45, 7) is 1.18. The molecule has 0 aliphatic carbocycles. The molecule has 1 aromatic heterocycles. The molecule has 1 saturated heterocycles. The summed E-state index contributed by atoms with van der Waals surface area (Å²) in [7, 11) is 0. The fraction of sp³-hybridized carbons (Fsp3) is 0.385. The first-order valence-corrected chi connectivity index (χ1v) is 7.04. The van der Waals surface area contributed by atoms with E-state index in [1.54, 1.807) is 12.1 Å². The lowest BCUT2D eigenvalue weighted by Crippen LogP contribution is -2.32. The predicted octanol–water partition coefficient (Wildman–Crippen LogP) is 2.09. The molecule has 0 aromatic carbocycles. The van der Waals surface area contributed by atoms with Crippen molar-refractivity contribution in [2.45, 2.75) is 18.9 Å². The predicted molar refractivity (Wildman–Crippen MR) is 77.0 cm³/mol. The number of hydrogen-bond acceptors (Lipinski definition) is 4. The van der Waals surface area contributed by atoms with Crippen LogP contribution in [0.5, 0.6) is 0 Å². The zero-order chi connectivity index (χ0) is 13.7. The molecule has 0 saturated carbocycles. The molecule has 1 N–H and O–H groups in total. The maximum atomic E-state index is 11.8. The molecule has 1 aliphatic heterocycles. The molecule has 0 spiro atoms. The summed E-state index contributed by atoms with van der Waals surface area (Å²) in [4.78, 5) is 11.8. The van der Waals surface area contributed by atoms with Gasteiger partial charge >= 0.3 is 0 Å². The zero-order valence-corrected chi connectivity index (χ0v) is 12.3. The van der Waals surface area contributed by atoms with Crippen LogP contribution in [0.1, 0.15) is 18.6 Å². The van der Waals surface area contributed by atoms with Crippen LogP contribution in [0, 0.1) is 15.1 Å². The van der Waals surface area contributed by atoms with Crippen LogP contribution in [0.25, 0.3) is 6.08 Å². The number of carbonyl (C=O) groups excluding carboxylic acids is 1. The highest BCUT2D eigenvalue weighted by atomic mass is 127. The van der Waals surface area contributed by atoms with Crippen LogP contribution in [-0.4, -0.2) is 25.2 Å². The van der Waals surface area contributed by atoms with E-state index in [9.17, 15) is 4.79 Å². The summed E-state index contributed by atoms with van der Waals surface area (Å²) < 4.78 is 11.4. The quantitative estimate of drug-likeness (QED) is 0.499. The Morgan fingerprint density at radius 1 is 1.63 bits per heavy atom. The van der Waals surface area contributed by atoms with Crippen LogP contribution in [0.3, 0.4) is 0 Å². The van der Waals surface area contributed by atoms with E-state index in [0.29, 0.717) is 16.1 Å². The van der Waals surface area contributed by atoms with Gasteiger partial charge in [-0.15, -0.1) is 0 Å². The van der Waals surface area contributed by atoms with Crippen LogP contribution in [0.15, 0.2) is 22.1 Å². The summed E-state index contributed by atoms with van der Waals surface area (Å²) in [5, 5.41) is 11.7. The minimum atomic E-state index is -0.399. The Hall–Kier alpha value is -1.33. The Morgan fingerprint density at radius 3 is 3.05 bits per heavy atom. The van der Waals surface area contributed by atoms with E-state index in [-0.39, 0.29) is 11.7 Å². The minimum absolute atomic E-state index is 0.0312. The fourth-order valence-corrected chi connectivity index (χ4v) is 2.24. The lowest BCUT2D eigenvalue weighted by atomic mass is 10.2. The highest BCUT2D eigenvalue weighted by Crippen LogP contribution is 2.14. The lowest BCUT2D eigenvalue weighted by molar-refractivity contribution is -0.117. The molecule has 2 rings (SSSR count). The third-order valence-electron chi connectivity index (χ3n) is 2.76. The van der Waals surface area contributed by atoms with E-state index in [0.717, 1.165) is 19.4 Å². The van der Waals surface area contributed by atoms with E-state index in [4.69, 9.17) is 14.4 Å². The van der Waals surface area contributed by atoms with Crippen LogP contribution in [0.2, 0.25) is 0 Å². The van der Waals surface area contributed by atoms with Gasteiger partial charge in [-0.05, 0) is 47.6 Å². The number of furan rings is 1. The molecule has 1 aliphatic rings. The van der Waals surface area contributed by atoms with Crippen molar-refractivity contribution in [2.75, 3.05) is 13.2 Å². The number of rotatable bonds is 4. The van der Waals surface area contributed by atoms with Crippen molar-refractivity contribution in [1.29, 1.82) is 5.26 Å². The standard InChI is InChI=1S/C13H13IN2O3/c14-12-4-3-10(19-12)6-9(7-15)13(17)16-8-11-2-1-5-18-11/h3-4,6,11H,1-2,5,8H2,(H,16,17)/b9-6+. The molecule has 2 heterocycles. The Morgan fingerprint density at radius 2 is 2.47 bits per heavy atom. The van der Waals surface area contributed by atoms with Crippen LogP contribution < -0.4 is 5.32 Å². The van der Waals surface area contributed by atoms with E-state index in [1.807, 2.05) is 28.7 Å². The molecular weight excluding hydrogens is 359 g/mol. The second kappa shape index (κ2) is 6.73. The van der Waals surface area contributed by atoms with Gasteiger partial charge in [0.15, 0.2) is 3.77 Å². The topological polar surface area (TPSA) is 75.3 Å². The van der Waals surface area contributed by atoms with Crippen molar-refractivity contribution in [3.05, 3.63) is 27.2 Å². The minimum Gasteiger partial charge on any atom is -0.451 e. The van der Waals surface area contributed by atoms with E-state index in [1.165, 1.54) is 6.08 Å². The smallest absolute Gasteiger partial charge is 0.262 e. The number of nitriles is 1. The summed E-state index contributed by atoms with van der Waals surface area (Å²) in [5.41, 5.74) is 0.0312. The first kappa shape index (κ1) is 14.1. The average molecular weight is 372 g/mol. The lowest BCUT2D eigenvalue weighted by Gasteiger charge is -2.09. The van der Waals surface area contributed by atoms with Gasteiger partial charge in [-0.25, -0.2) is 0 Å². The maximum absolute atomic E-state index is 11.8. The molecule has 5 nitrogen and oxygen atoms in total. The normalized spacial score (nSPS) is 19.2. The first-order chi connectivity index (χ1) is 9.19. The summed E-state index contributed by atoms with van der Waals surface area (Å²) >= 11 is 2.02. The summed E-state index contributed by atoms with van der Waals surface area (Å²) in [5.74, 6) is 0.0950. The number of hydrogen-bond donors (Lipinski definition) is 1. The van der Waals surface area contributed by atoms with Gasteiger partial charge in [-0.1, -0.05) is 0 Å². The van der Waals surface area contributed by atoms with E-state index >= 15 is 0 Å². The summed E-state index contributed by atoms with van der Waals surface area (Å²) in [6.07, 6.45) is 3.47. The molecule has 1 fully saturated rings. The molecule has 1 aromatic rings. The number of carbonyl (C=O) groups is 1. The second-order valence-electron chi connectivity index (χ2n) is 4.16. The summed E-state index contributed by atoms with van der Waals surface area (Å²) in [6, 6.07) is 5.37. The van der Waals surface area contributed by atoms with Crippen molar-refractivity contribution < 1.29 is 13.9 Å². The molecule has 100 valence electrons.